The van der Waals surface area contributed by atoms with E-state index in [0.717, 1.165) is 21.8 Å². The Kier molecular flexibility index (Phi) is 6.05. The number of ketones is 1. The molecule has 9 heteroatoms. The highest BCUT2D eigenvalue weighted by molar-refractivity contribution is 7.17. The third-order valence-corrected chi connectivity index (χ3v) is 6.78. The Labute approximate surface area is 199 Å². The minimum absolute atomic E-state index is 0.0920. The Morgan fingerprint density at radius 1 is 1.12 bits per heavy atom. The predicted molar refractivity (Wildman–Crippen MR) is 125 cm³/mol. The molecule has 174 valence electrons. The molecule has 3 aromatic rings. The van der Waals surface area contributed by atoms with E-state index < -0.39 is 29.5 Å². The van der Waals surface area contributed by atoms with Gasteiger partial charge in [-0.1, -0.05) is 41.2 Å². The molecule has 1 fully saturated rings. The van der Waals surface area contributed by atoms with Gasteiger partial charge in [0.2, 0.25) is 0 Å². The Morgan fingerprint density at radius 3 is 2.44 bits per heavy atom. The van der Waals surface area contributed by atoms with Crippen molar-refractivity contribution in [1.82, 2.24) is 4.98 Å². The van der Waals surface area contributed by atoms with E-state index in [4.69, 9.17) is 4.74 Å². The van der Waals surface area contributed by atoms with Gasteiger partial charge >= 0.3 is 11.9 Å². The van der Waals surface area contributed by atoms with E-state index >= 15 is 0 Å². The zero-order chi connectivity index (χ0) is 24.7. The Hall–Kier alpha value is -3.85. The Balaban J connectivity index is 1.97. The van der Waals surface area contributed by atoms with Gasteiger partial charge in [-0.15, -0.1) is 0 Å². The van der Waals surface area contributed by atoms with Crippen LogP contribution in [-0.2, 0) is 14.3 Å². The van der Waals surface area contributed by atoms with Gasteiger partial charge in [0.25, 0.3) is 5.78 Å². The van der Waals surface area contributed by atoms with Gasteiger partial charge in [0.05, 0.1) is 24.4 Å². The molecule has 7 nitrogen and oxygen atoms in total. The fourth-order valence-electron chi connectivity index (χ4n) is 3.89. The van der Waals surface area contributed by atoms with Crippen molar-refractivity contribution < 1.29 is 28.6 Å². The van der Waals surface area contributed by atoms with Crippen molar-refractivity contribution in [3.05, 3.63) is 86.7 Å². The van der Waals surface area contributed by atoms with Crippen LogP contribution in [0.2, 0.25) is 0 Å². The lowest BCUT2D eigenvalue weighted by Crippen LogP contribution is -2.29. The number of aliphatic hydroxyl groups excluding tert-OH is 1. The van der Waals surface area contributed by atoms with E-state index in [-0.39, 0.29) is 21.3 Å². The van der Waals surface area contributed by atoms with Crippen molar-refractivity contribution in [3.63, 3.8) is 0 Å². The maximum Gasteiger partial charge on any atom is 0.350 e. The number of Topliss-reactive ketones (excluding diaryl/α,β-unsaturated/α-hetero) is 1. The lowest BCUT2D eigenvalue weighted by atomic mass is 9.93. The summed E-state index contributed by atoms with van der Waals surface area (Å²) in [6.07, 6.45) is 0. The minimum Gasteiger partial charge on any atom is -0.507 e. The number of amides is 1. The number of aliphatic hydroxyl groups is 1. The highest BCUT2D eigenvalue weighted by Crippen LogP contribution is 2.44. The standard InChI is InChI=1S/C25H21FN2O5S/c1-12-5-6-13(2)17(11-12)20(29)18-19(15-7-9-16(26)10-8-15)28(23(31)21(18)30)25-27-14(3)22(34-25)24(32)33-4/h5-11,19,29H,1-4H3/b20-18+. The van der Waals surface area contributed by atoms with Crippen LogP contribution in [0.25, 0.3) is 5.76 Å². The van der Waals surface area contributed by atoms with E-state index in [1.165, 1.54) is 31.4 Å². The van der Waals surface area contributed by atoms with Crippen LogP contribution >= 0.6 is 11.3 Å². The molecule has 2 aromatic carbocycles. The third-order valence-electron chi connectivity index (χ3n) is 5.64. The van der Waals surface area contributed by atoms with Crippen LogP contribution in [0.1, 0.15) is 43.7 Å². The number of benzene rings is 2. The van der Waals surface area contributed by atoms with E-state index in [2.05, 4.69) is 4.98 Å². The summed E-state index contributed by atoms with van der Waals surface area (Å²) < 4.78 is 18.5. The molecule has 1 unspecified atom stereocenters. The molecule has 1 aliphatic heterocycles. The number of hydrogen-bond acceptors (Lipinski definition) is 7. The maximum absolute atomic E-state index is 13.7. The quantitative estimate of drug-likeness (QED) is 0.253. The number of carbonyl (C=O) groups is 3. The molecule has 1 atom stereocenters. The molecule has 0 saturated carbocycles. The van der Waals surface area contributed by atoms with Crippen LogP contribution in [0, 0.1) is 26.6 Å². The molecule has 0 spiro atoms. The number of hydrogen-bond donors (Lipinski definition) is 1. The van der Waals surface area contributed by atoms with Crippen molar-refractivity contribution >= 4 is 39.9 Å². The number of anilines is 1. The van der Waals surface area contributed by atoms with Crippen LogP contribution in [0.15, 0.2) is 48.0 Å². The number of ether oxygens (including phenoxy) is 1. The fourth-order valence-corrected chi connectivity index (χ4v) is 4.91. The molecular weight excluding hydrogens is 459 g/mol. The molecule has 0 radical (unpaired) electrons. The number of nitrogens with zero attached hydrogens (tertiary/aromatic N) is 2. The number of methoxy groups -OCH3 is 1. The van der Waals surface area contributed by atoms with E-state index in [9.17, 15) is 23.9 Å². The first-order valence-corrected chi connectivity index (χ1v) is 11.2. The number of thiazole rings is 1. The van der Waals surface area contributed by atoms with E-state index in [0.29, 0.717) is 22.4 Å². The van der Waals surface area contributed by atoms with Gasteiger partial charge in [0.1, 0.15) is 16.5 Å². The van der Waals surface area contributed by atoms with Crippen molar-refractivity contribution in [1.29, 1.82) is 0 Å². The SMILES string of the molecule is COC(=O)c1sc(N2C(=O)C(=O)/C(=C(/O)c3cc(C)ccc3C)C2c2ccc(F)cc2)nc1C. The first kappa shape index (κ1) is 23.3. The van der Waals surface area contributed by atoms with Gasteiger partial charge in [-0.05, 0) is 50.1 Å². The molecule has 0 aliphatic carbocycles. The van der Waals surface area contributed by atoms with Gasteiger partial charge in [-0.25, -0.2) is 14.2 Å². The number of esters is 1. The normalized spacial score (nSPS) is 17.3. The molecule has 1 N–H and O–H groups in total. The van der Waals surface area contributed by atoms with Crippen LogP contribution in [-0.4, -0.2) is 34.9 Å². The first-order valence-electron chi connectivity index (χ1n) is 10.3. The summed E-state index contributed by atoms with van der Waals surface area (Å²) in [5.41, 5.74) is 2.58. The third kappa shape index (κ3) is 3.88. The molecule has 1 aromatic heterocycles. The van der Waals surface area contributed by atoms with Gasteiger partial charge < -0.3 is 9.84 Å². The van der Waals surface area contributed by atoms with E-state index in [1.54, 1.807) is 26.0 Å². The van der Waals surface area contributed by atoms with Crippen molar-refractivity contribution in [2.45, 2.75) is 26.8 Å². The average Bonchev–Trinajstić information content (AvgIpc) is 3.32. The molecule has 1 saturated heterocycles. The number of halogens is 1. The highest BCUT2D eigenvalue weighted by Gasteiger charge is 2.48. The van der Waals surface area contributed by atoms with Crippen molar-refractivity contribution in [3.8, 4) is 0 Å². The lowest BCUT2D eigenvalue weighted by molar-refractivity contribution is -0.132. The number of aromatic nitrogens is 1. The zero-order valence-electron chi connectivity index (χ0n) is 18.9. The van der Waals surface area contributed by atoms with Gasteiger partial charge in [-0.3, -0.25) is 14.5 Å². The predicted octanol–water partition coefficient (Wildman–Crippen LogP) is 4.62. The summed E-state index contributed by atoms with van der Waals surface area (Å²) in [5, 5.41) is 11.4. The van der Waals surface area contributed by atoms with Crippen LogP contribution in [0.4, 0.5) is 9.52 Å². The summed E-state index contributed by atoms with van der Waals surface area (Å²) in [6.45, 7) is 5.22. The smallest absolute Gasteiger partial charge is 0.350 e. The molecule has 0 bridgehead atoms. The number of carbonyl (C=O) groups excluding carboxylic acids is 3. The second kappa shape index (κ2) is 8.83. The maximum atomic E-state index is 13.7. The van der Waals surface area contributed by atoms with Crippen LogP contribution in [0.5, 0.6) is 0 Å². The Bertz CT molecular complexity index is 1360. The number of rotatable bonds is 4. The van der Waals surface area contributed by atoms with Crippen molar-refractivity contribution in [2.24, 2.45) is 0 Å². The van der Waals surface area contributed by atoms with Crippen molar-refractivity contribution in [2.75, 3.05) is 12.0 Å². The Morgan fingerprint density at radius 2 is 1.79 bits per heavy atom. The first-order chi connectivity index (χ1) is 16.1. The molecule has 4 rings (SSSR count). The topological polar surface area (TPSA) is 96.8 Å². The largest absolute Gasteiger partial charge is 0.507 e. The van der Waals surface area contributed by atoms with Gasteiger partial charge in [0.15, 0.2) is 5.13 Å². The van der Waals surface area contributed by atoms with E-state index in [1.807, 2.05) is 13.0 Å². The second-order valence-corrected chi connectivity index (χ2v) is 8.92. The molecule has 1 aliphatic rings. The summed E-state index contributed by atoms with van der Waals surface area (Å²) in [6, 6.07) is 9.63. The minimum atomic E-state index is -1.07. The lowest BCUT2D eigenvalue weighted by Gasteiger charge is -2.23. The number of aryl methyl sites for hydroxylation is 3. The van der Waals surface area contributed by atoms with Crippen LogP contribution in [0.3, 0.4) is 0 Å². The average molecular weight is 481 g/mol. The molecule has 1 amide bonds. The fraction of sp³-hybridized carbons (Fsp3) is 0.200. The zero-order valence-corrected chi connectivity index (χ0v) is 19.7. The summed E-state index contributed by atoms with van der Waals surface area (Å²) >= 11 is 0.901. The second-order valence-electron chi connectivity index (χ2n) is 7.94. The highest BCUT2D eigenvalue weighted by atomic mass is 32.1. The summed E-state index contributed by atoms with van der Waals surface area (Å²) in [7, 11) is 1.23. The van der Waals surface area contributed by atoms with Gasteiger partial charge in [0, 0.05) is 5.56 Å². The van der Waals surface area contributed by atoms with Crippen LogP contribution < -0.4 is 4.90 Å². The van der Waals surface area contributed by atoms with Gasteiger partial charge in [-0.2, -0.15) is 0 Å². The monoisotopic (exact) mass is 480 g/mol. The summed E-state index contributed by atoms with van der Waals surface area (Å²) in [4.78, 5) is 44.2. The molecule has 2 heterocycles. The molecular formula is C25H21FN2O5S. The molecule has 34 heavy (non-hydrogen) atoms. The summed E-state index contributed by atoms with van der Waals surface area (Å²) in [5.74, 6) is -3.26.